The summed E-state index contributed by atoms with van der Waals surface area (Å²) in [6.07, 6.45) is 2.43. The summed E-state index contributed by atoms with van der Waals surface area (Å²) in [5.41, 5.74) is 5.06. The number of aryl methyl sites for hydroxylation is 1. The van der Waals surface area contributed by atoms with E-state index in [4.69, 9.17) is 17.4 Å². The second kappa shape index (κ2) is 7.06. The van der Waals surface area contributed by atoms with E-state index in [0.29, 0.717) is 22.9 Å². The minimum absolute atomic E-state index is 0.229. The molecule has 0 aliphatic rings. The Morgan fingerprint density at radius 2 is 1.95 bits per heavy atom. The van der Waals surface area contributed by atoms with Crippen molar-refractivity contribution in [2.24, 2.45) is 5.84 Å². The van der Waals surface area contributed by atoms with E-state index in [2.05, 4.69) is 34.8 Å². The van der Waals surface area contributed by atoms with Crippen molar-refractivity contribution < 1.29 is 4.79 Å². The fraction of sp³-hybridized carbons (Fsp3) is 0.200. The summed E-state index contributed by atoms with van der Waals surface area (Å²) in [4.78, 5) is 16.0. The van der Waals surface area contributed by atoms with Crippen molar-refractivity contribution in [3.8, 4) is 0 Å². The topological polar surface area (TPSA) is 80.0 Å². The predicted octanol–water partition coefficient (Wildman–Crippen LogP) is 2.51. The van der Waals surface area contributed by atoms with Gasteiger partial charge >= 0.3 is 0 Å². The Hall–Kier alpha value is -2.11. The minimum atomic E-state index is -0.229. The molecule has 1 heterocycles. The molecule has 0 aliphatic carbocycles. The fourth-order valence-corrected chi connectivity index (χ4v) is 2.07. The third-order valence-corrected chi connectivity index (χ3v) is 3.41. The van der Waals surface area contributed by atoms with Crippen LogP contribution in [0.2, 0.25) is 5.02 Å². The number of carbonyl (C=O) groups excluding carboxylic acids is 1. The van der Waals surface area contributed by atoms with Crippen molar-refractivity contribution in [2.75, 3.05) is 5.43 Å². The molecule has 110 valence electrons. The zero-order valence-electron chi connectivity index (χ0n) is 11.7. The van der Waals surface area contributed by atoms with Crippen LogP contribution in [0.1, 0.15) is 28.4 Å². The molecule has 5 nitrogen and oxygen atoms in total. The highest BCUT2D eigenvalue weighted by Gasteiger charge is 2.09. The van der Waals surface area contributed by atoms with Gasteiger partial charge in [-0.3, -0.25) is 4.79 Å². The largest absolute Gasteiger partial charge is 0.348 e. The second-order valence-electron chi connectivity index (χ2n) is 4.55. The van der Waals surface area contributed by atoms with Gasteiger partial charge in [0.2, 0.25) is 0 Å². The highest BCUT2D eigenvalue weighted by atomic mass is 35.5. The minimum Gasteiger partial charge on any atom is -0.348 e. The van der Waals surface area contributed by atoms with E-state index in [1.165, 1.54) is 17.8 Å². The molecule has 1 aromatic heterocycles. The van der Waals surface area contributed by atoms with E-state index in [0.717, 1.165) is 12.0 Å². The summed E-state index contributed by atoms with van der Waals surface area (Å²) < 4.78 is 0. The predicted molar refractivity (Wildman–Crippen MR) is 84.0 cm³/mol. The standard InChI is InChI=1S/C15H17ClN4O/c1-2-10-3-5-11(6-4-10)8-19-15(21)12-7-13(16)14(20-17)18-9-12/h3-7,9H,2,8,17H2,1H3,(H,18,20)(H,19,21). The zero-order chi connectivity index (χ0) is 15.2. The molecule has 2 aromatic rings. The number of nitrogens with one attached hydrogen (secondary N) is 2. The van der Waals surface area contributed by atoms with Gasteiger partial charge < -0.3 is 10.7 Å². The highest BCUT2D eigenvalue weighted by molar-refractivity contribution is 6.33. The quantitative estimate of drug-likeness (QED) is 0.586. The molecule has 1 amide bonds. The lowest BCUT2D eigenvalue weighted by Gasteiger charge is -2.08. The average Bonchev–Trinajstić information content (AvgIpc) is 2.53. The van der Waals surface area contributed by atoms with Gasteiger partial charge in [0.25, 0.3) is 5.91 Å². The molecule has 4 N–H and O–H groups in total. The normalized spacial score (nSPS) is 10.2. The van der Waals surface area contributed by atoms with Gasteiger partial charge in [0.05, 0.1) is 10.6 Å². The first-order valence-electron chi connectivity index (χ1n) is 6.62. The Labute approximate surface area is 128 Å². The molecule has 1 aromatic carbocycles. The Bertz CT molecular complexity index is 628. The number of pyridine rings is 1. The molecule has 0 saturated heterocycles. The Morgan fingerprint density at radius 1 is 1.29 bits per heavy atom. The zero-order valence-corrected chi connectivity index (χ0v) is 12.4. The second-order valence-corrected chi connectivity index (χ2v) is 4.96. The molecule has 0 radical (unpaired) electrons. The number of amides is 1. The van der Waals surface area contributed by atoms with Crippen LogP contribution in [0, 0.1) is 0 Å². The number of hydrogen-bond donors (Lipinski definition) is 3. The third kappa shape index (κ3) is 3.93. The Morgan fingerprint density at radius 3 is 2.52 bits per heavy atom. The lowest BCUT2D eigenvalue weighted by atomic mass is 10.1. The number of nitrogen functional groups attached to an aromatic ring is 1. The van der Waals surface area contributed by atoms with Crippen LogP contribution in [0.3, 0.4) is 0 Å². The number of carbonyl (C=O) groups is 1. The van der Waals surface area contributed by atoms with Crippen LogP contribution >= 0.6 is 11.6 Å². The van der Waals surface area contributed by atoms with Crippen LogP contribution in [-0.2, 0) is 13.0 Å². The monoisotopic (exact) mass is 304 g/mol. The first kappa shape index (κ1) is 15.3. The van der Waals surface area contributed by atoms with E-state index in [9.17, 15) is 4.79 Å². The van der Waals surface area contributed by atoms with Gasteiger partial charge in [-0.05, 0) is 23.6 Å². The lowest BCUT2D eigenvalue weighted by Crippen LogP contribution is -2.23. The van der Waals surface area contributed by atoms with Crippen molar-refractivity contribution in [1.29, 1.82) is 0 Å². The lowest BCUT2D eigenvalue weighted by molar-refractivity contribution is 0.0950. The summed E-state index contributed by atoms with van der Waals surface area (Å²) in [6, 6.07) is 9.65. The van der Waals surface area contributed by atoms with E-state index < -0.39 is 0 Å². The van der Waals surface area contributed by atoms with Crippen LogP contribution < -0.4 is 16.6 Å². The summed E-state index contributed by atoms with van der Waals surface area (Å²) >= 11 is 5.94. The number of benzene rings is 1. The summed E-state index contributed by atoms with van der Waals surface area (Å²) in [7, 11) is 0. The molecule has 0 saturated carbocycles. The van der Waals surface area contributed by atoms with Crippen molar-refractivity contribution in [3.63, 3.8) is 0 Å². The number of halogens is 1. The first-order chi connectivity index (χ1) is 10.1. The van der Waals surface area contributed by atoms with Crippen LogP contribution in [0.15, 0.2) is 36.5 Å². The third-order valence-electron chi connectivity index (χ3n) is 3.12. The van der Waals surface area contributed by atoms with Crippen molar-refractivity contribution in [3.05, 3.63) is 58.2 Å². The molecule has 0 atom stereocenters. The van der Waals surface area contributed by atoms with Gasteiger partial charge in [0.15, 0.2) is 5.82 Å². The summed E-state index contributed by atoms with van der Waals surface area (Å²) in [5.74, 6) is 5.34. The maximum Gasteiger partial charge on any atom is 0.253 e. The van der Waals surface area contributed by atoms with Crippen LogP contribution in [-0.4, -0.2) is 10.9 Å². The van der Waals surface area contributed by atoms with Gasteiger partial charge in [-0.2, -0.15) is 0 Å². The van der Waals surface area contributed by atoms with Crippen molar-refractivity contribution >= 4 is 23.3 Å². The van der Waals surface area contributed by atoms with E-state index in [1.54, 1.807) is 0 Å². The fourth-order valence-electron chi connectivity index (χ4n) is 1.85. The average molecular weight is 305 g/mol. The maximum absolute atomic E-state index is 12.0. The van der Waals surface area contributed by atoms with Gasteiger partial charge in [-0.15, -0.1) is 0 Å². The van der Waals surface area contributed by atoms with Gasteiger partial charge in [-0.25, -0.2) is 10.8 Å². The number of anilines is 1. The van der Waals surface area contributed by atoms with Gasteiger partial charge in [0, 0.05) is 12.7 Å². The van der Waals surface area contributed by atoms with Crippen LogP contribution in [0.4, 0.5) is 5.82 Å². The molecular formula is C15H17ClN4O. The molecular weight excluding hydrogens is 288 g/mol. The molecule has 2 rings (SSSR count). The molecule has 0 fully saturated rings. The number of nitrogens with zero attached hydrogens (tertiary/aromatic N) is 1. The number of hydrogen-bond acceptors (Lipinski definition) is 4. The molecule has 0 aliphatic heterocycles. The molecule has 0 unspecified atom stereocenters. The number of aromatic nitrogens is 1. The smallest absolute Gasteiger partial charge is 0.253 e. The maximum atomic E-state index is 12.0. The number of hydrazine groups is 1. The highest BCUT2D eigenvalue weighted by Crippen LogP contribution is 2.18. The SMILES string of the molecule is CCc1ccc(CNC(=O)c2cnc(NN)c(Cl)c2)cc1. The van der Waals surface area contributed by atoms with E-state index >= 15 is 0 Å². The van der Waals surface area contributed by atoms with Crippen LogP contribution in [0.25, 0.3) is 0 Å². The van der Waals surface area contributed by atoms with Crippen molar-refractivity contribution in [1.82, 2.24) is 10.3 Å². The number of rotatable bonds is 5. The molecule has 6 heteroatoms. The molecule has 0 bridgehead atoms. The summed E-state index contributed by atoms with van der Waals surface area (Å²) in [6.45, 7) is 2.56. The van der Waals surface area contributed by atoms with E-state index in [1.807, 2.05) is 12.1 Å². The Balaban J connectivity index is 1.99. The van der Waals surface area contributed by atoms with Crippen LogP contribution in [0.5, 0.6) is 0 Å². The molecule has 0 spiro atoms. The summed E-state index contributed by atoms with van der Waals surface area (Å²) in [5, 5.41) is 3.13. The van der Waals surface area contributed by atoms with Gasteiger partial charge in [-0.1, -0.05) is 42.8 Å². The van der Waals surface area contributed by atoms with E-state index in [-0.39, 0.29) is 5.91 Å². The van der Waals surface area contributed by atoms with Crippen molar-refractivity contribution in [2.45, 2.75) is 19.9 Å². The number of nitrogens with two attached hydrogens (primary N) is 1. The first-order valence-corrected chi connectivity index (χ1v) is 7.00. The van der Waals surface area contributed by atoms with Gasteiger partial charge in [0.1, 0.15) is 0 Å². The Kier molecular flexibility index (Phi) is 5.14. The molecule has 21 heavy (non-hydrogen) atoms.